The maximum absolute atomic E-state index is 13.9. The van der Waals surface area contributed by atoms with E-state index in [4.69, 9.17) is 5.11 Å². The molecule has 1 atom stereocenters. The molecule has 1 aliphatic rings. The molecule has 0 radical (unpaired) electrons. The van der Waals surface area contributed by atoms with Crippen molar-refractivity contribution >= 4 is 5.97 Å². The molecule has 2 rings (SSSR count). The van der Waals surface area contributed by atoms with E-state index in [2.05, 4.69) is 0 Å². The summed E-state index contributed by atoms with van der Waals surface area (Å²) >= 11 is 0. The maximum Gasteiger partial charge on any atom is 0.341 e. The van der Waals surface area contributed by atoms with Crippen LogP contribution in [0.5, 0.6) is 0 Å². The first-order chi connectivity index (χ1) is 7.01. The van der Waals surface area contributed by atoms with E-state index in [0.717, 1.165) is 16.7 Å². The van der Waals surface area contributed by atoms with Gasteiger partial charge in [0, 0.05) is 6.42 Å². The first-order valence-corrected chi connectivity index (χ1v) is 5.02. The summed E-state index contributed by atoms with van der Waals surface area (Å²) in [4.78, 5) is 10.8. The number of hydrogen-bond acceptors (Lipinski definition) is 1. The normalized spacial score (nSPS) is 24.7. The summed E-state index contributed by atoms with van der Waals surface area (Å²) < 4.78 is 13.9. The third-order valence-corrected chi connectivity index (χ3v) is 3.01. The van der Waals surface area contributed by atoms with Gasteiger partial charge in [0.15, 0.2) is 0 Å². The van der Waals surface area contributed by atoms with Crippen molar-refractivity contribution < 1.29 is 14.3 Å². The minimum absolute atomic E-state index is 0.00204. The van der Waals surface area contributed by atoms with E-state index in [1.165, 1.54) is 0 Å². The van der Waals surface area contributed by atoms with E-state index in [-0.39, 0.29) is 12.8 Å². The molecule has 0 heterocycles. The van der Waals surface area contributed by atoms with E-state index in [1.807, 2.05) is 25.1 Å². The second kappa shape index (κ2) is 3.33. The van der Waals surface area contributed by atoms with Crippen LogP contribution in [0.1, 0.15) is 23.1 Å². The summed E-state index contributed by atoms with van der Waals surface area (Å²) in [5.41, 5.74) is 0.985. The van der Waals surface area contributed by atoms with Crippen LogP contribution in [0, 0.1) is 6.92 Å². The molecule has 1 aliphatic carbocycles. The quantitative estimate of drug-likeness (QED) is 0.768. The molecule has 0 fully saturated rings. The van der Waals surface area contributed by atoms with Crippen molar-refractivity contribution in [2.75, 3.05) is 0 Å². The largest absolute Gasteiger partial charge is 0.479 e. The van der Waals surface area contributed by atoms with Gasteiger partial charge in [0.2, 0.25) is 5.67 Å². The zero-order valence-corrected chi connectivity index (χ0v) is 8.59. The number of alkyl halides is 1. The lowest BCUT2D eigenvalue weighted by Crippen LogP contribution is -2.39. The van der Waals surface area contributed by atoms with Crippen LogP contribution in [0.15, 0.2) is 18.2 Å². The summed E-state index contributed by atoms with van der Waals surface area (Å²) in [5, 5.41) is 8.80. The SMILES string of the molecule is Cc1ccc2c(c1)CCC(F)(C(=O)O)C2. The molecule has 1 N–H and O–H groups in total. The van der Waals surface area contributed by atoms with Crippen LogP contribution in [0.4, 0.5) is 4.39 Å². The Hall–Kier alpha value is -1.38. The lowest BCUT2D eigenvalue weighted by atomic mass is 9.81. The van der Waals surface area contributed by atoms with Crippen LogP contribution in [-0.2, 0) is 17.6 Å². The number of hydrogen-bond donors (Lipinski definition) is 1. The van der Waals surface area contributed by atoms with Gasteiger partial charge in [-0.05, 0) is 30.9 Å². The zero-order valence-electron chi connectivity index (χ0n) is 8.59. The summed E-state index contributed by atoms with van der Waals surface area (Å²) in [7, 11) is 0. The highest BCUT2D eigenvalue weighted by Crippen LogP contribution is 2.32. The Balaban J connectivity index is 2.35. The molecule has 0 saturated heterocycles. The Morgan fingerprint density at radius 1 is 1.47 bits per heavy atom. The van der Waals surface area contributed by atoms with Gasteiger partial charge in [-0.1, -0.05) is 23.8 Å². The highest BCUT2D eigenvalue weighted by Gasteiger charge is 2.41. The Labute approximate surface area is 87.7 Å². The van der Waals surface area contributed by atoms with Crippen molar-refractivity contribution in [1.82, 2.24) is 0 Å². The van der Waals surface area contributed by atoms with Gasteiger partial charge in [-0.25, -0.2) is 9.18 Å². The predicted octanol–water partition coefficient (Wildman–Crippen LogP) is 2.28. The summed E-state index contributed by atoms with van der Waals surface area (Å²) in [5.74, 6) is -1.34. The van der Waals surface area contributed by atoms with Crippen molar-refractivity contribution in [1.29, 1.82) is 0 Å². The number of aryl methyl sites for hydroxylation is 2. The summed E-state index contributed by atoms with van der Waals surface area (Å²) in [6.45, 7) is 1.98. The molecule has 3 heteroatoms. The predicted molar refractivity (Wildman–Crippen MR) is 54.7 cm³/mol. The van der Waals surface area contributed by atoms with Crippen LogP contribution in [0.3, 0.4) is 0 Å². The molecular weight excluding hydrogens is 195 g/mol. The van der Waals surface area contributed by atoms with E-state index in [0.29, 0.717) is 6.42 Å². The minimum atomic E-state index is -2.07. The van der Waals surface area contributed by atoms with Gasteiger partial charge in [0.05, 0.1) is 0 Å². The standard InChI is InChI=1S/C12H13FO2/c1-8-2-3-10-7-12(13,11(14)15)5-4-9(10)6-8/h2-3,6H,4-5,7H2,1H3,(H,14,15). The number of fused-ring (bicyclic) bond motifs is 1. The second-order valence-corrected chi connectivity index (χ2v) is 4.22. The molecule has 15 heavy (non-hydrogen) atoms. The van der Waals surface area contributed by atoms with Crippen molar-refractivity contribution in [3.8, 4) is 0 Å². The van der Waals surface area contributed by atoms with E-state index >= 15 is 0 Å². The minimum Gasteiger partial charge on any atom is -0.479 e. The number of benzene rings is 1. The van der Waals surface area contributed by atoms with Crippen LogP contribution in [0.25, 0.3) is 0 Å². The lowest BCUT2D eigenvalue weighted by molar-refractivity contribution is -0.151. The van der Waals surface area contributed by atoms with Crippen LogP contribution < -0.4 is 0 Å². The fourth-order valence-electron chi connectivity index (χ4n) is 2.07. The number of carboxylic acid groups (broad SMARTS) is 1. The average Bonchev–Trinajstić information content (AvgIpc) is 2.18. The smallest absolute Gasteiger partial charge is 0.341 e. The molecule has 80 valence electrons. The first-order valence-electron chi connectivity index (χ1n) is 5.02. The van der Waals surface area contributed by atoms with Crippen molar-refractivity contribution in [2.24, 2.45) is 0 Å². The number of rotatable bonds is 1. The third kappa shape index (κ3) is 1.74. The first kappa shape index (κ1) is 10.1. The molecule has 1 unspecified atom stereocenters. The molecule has 0 amide bonds. The molecule has 0 aromatic heterocycles. The topological polar surface area (TPSA) is 37.3 Å². The van der Waals surface area contributed by atoms with E-state index in [9.17, 15) is 9.18 Å². The molecule has 1 aromatic carbocycles. The zero-order chi connectivity index (χ0) is 11.1. The average molecular weight is 208 g/mol. The summed E-state index contributed by atoms with van der Waals surface area (Å²) in [6.07, 6.45) is 0.594. The maximum atomic E-state index is 13.9. The van der Waals surface area contributed by atoms with Gasteiger partial charge in [-0.15, -0.1) is 0 Å². The second-order valence-electron chi connectivity index (χ2n) is 4.22. The number of aliphatic carboxylic acids is 1. The number of carboxylic acids is 1. The third-order valence-electron chi connectivity index (χ3n) is 3.01. The van der Waals surface area contributed by atoms with Crippen molar-refractivity contribution in [3.63, 3.8) is 0 Å². The molecule has 0 saturated carbocycles. The highest BCUT2D eigenvalue weighted by molar-refractivity contribution is 5.78. The molecular formula is C12H13FO2. The molecule has 2 nitrogen and oxygen atoms in total. The van der Waals surface area contributed by atoms with Crippen LogP contribution in [-0.4, -0.2) is 16.7 Å². The number of halogens is 1. The van der Waals surface area contributed by atoms with Gasteiger partial charge in [-0.2, -0.15) is 0 Å². The highest BCUT2D eigenvalue weighted by atomic mass is 19.1. The van der Waals surface area contributed by atoms with Crippen LogP contribution >= 0.6 is 0 Å². The lowest BCUT2D eigenvalue weighted by Gasteiger charge is -2.27. The van der Waals surface area contributed by atoms with Gasteiger partial charge in [-0.3, -0.25) is 0 Å². The Morgan fingerprint density at radius 2 is 2.20 bits per heavy atom. The van der Waals surface area contributed by atoms with Gasteiger partial charge < -0.3 is 5.11 Å². The number of carbonyl (C=O) groups is 1. The summed E-state index contributed by atoms with van der Waals surface area (Å²) in [6, 6.07) is 5.74. The molecule has 0 bridgehead atoms. The van der Waals surface area contributed by atoms with Crippen molar-refractivity contribution in [3.05, 3.63) is 34.9 Å². The van der Waals surface area contributed by atoms with Gasteiger partial charge in [0.1, 0.15) is 0 Å². The van der Waals surface area contributed by atoms with E-state index in [1.54, 1.807) is 0 Å². The Bertz CT molecular complexity index is 414. The molecule has 0 aliphatic heterocycles. The Kier molecular flexibility index (Phi) is 2.25. The van der Waals surface area contributed by atoms with Gasteiger partial charge >= 0.3 is 5.97 Å². The van der Waals surface area contributed by atoms with Crippen LogP contribution in [0.2, 0.25) is 0 Å². The van der Waals surface area contributed by atoms with E-state index < -0.39 is 11.6 Å². The van der Waals surface area contributed by atoms with Crippen molar-refractivity contribution in [2.45, 2.75) is 31.9 Å². The fraction of sp³-hybridized carbons (Fsp3) is 0.417. The monoisotopic (exact) mass is 208 g/mol. The fourth-order valence-corrected chi connectivity index (χ4v) is 2.07. The molecule has 1 aromatic rings. The molecule has 0 spiro atoms. The van der Waals surface area contributed by atoms with Gasteiger partial charge in [0.25, 0.3) is 0 Å². The Morgan fingerprint density at radius 3 is 2.87 bits per heavy atom.